The molecule has 0 saturated carbocycles. The first-order valence-corrected chi connectivity index (χ1v) is 6.15. The molecule has 2 rings (SSSR count). The third-order valence-corrected chi connectivity index (χ3v) is 2.96. The lowest BCUT2D eigenvalue weighted by atomic mass is 10.1. The van der Waals surface area contributed by atoms with Crippen LogP contribution in [0.3, 0.4) is 0 Å². The van der Waals surface area contributed by atoms with E-state index in [9.17, 15) is 9.59 Å². The molecule has 0 aromatic heterocycles. The highest BCUT2D eigenvalue weighted by Crippen LogP contribution is 2.31. The molecule has 3 N–H and O–H groups in total. The van der Waals surface area contributed by atoms with Crippen LogP contribution in [0.5, 0.6) is 5.75 Å². The van der Waals surface area contributed by atoms with E-state index >= 15 is 0 Å². The van der Waals surface area contributed by atoms with Gasteiger partial charge in [0.05, 0.1) is 18.7 Å². The lowest BCUT2D eigenvalue weighted by Crippen LogP contribution is -2.29. The number of rotatable bonds is 3. The van der Waals surface area contributed by atoms with Gasteiger partial charge in [-0.05, 0) is 18.2 Å². The molecular weight excluding hydrogens is 246 g/mol. The van der Waals surface area contributed by atoms with Crippen molar-refractivity contribution < 1.29 is 14.3 Å². The van der Waals surface area contributed by atoms with Crippen LogP contribution in [0.15, 0.2) is 18.2 Å². The highest BCUT2D eigenvalue weighted by molar-refractivity contribution is 5.99. The van der Waals surface area contributed by atoms with Crippen molar-refractivity contribution in [1.29, 1.82) is 0 Å². The molecule has 1 heterocycles. The van der Waals surface area contributed by atoms with Gasteiger partial charge in [0, 0.05) is 25.7 Å². The summed E-state index contributed by atoms with van der Waals surface area (Å²) in [6.07, 6.45) is 0.333. The fraction of sp³-hybridized carbons (Fsp3) is 0.385. The van der Waals surface area contributed by atoms with E-state index in [1.807, 2.05) is 0 Å². The number of nitrogens with two attached hydrogens (primary N) is 1. The SMILES string of the molecule is CN1C(=O)CCOc2ccc(C(=O)NCCN)cc21. The molecule has 1 aliphatic rings. The first kappa shape index (κ1) is 13.4. The summed E-state index contributed by atoms with van der Waals surface area (Å²) in [6.45, 7) is 1.16. The monoisotopic (exact) mass is 263 g/mol. The average Bonchev–Trinajstić information content (AvgIpc) is 2.56. The summed E-state index contributed by atoms with van der Waals surface area (Å²) >= 11 is 0. The lowest BCUT2D eigenvalue weighted by Gasteiger charge is -2.17. The van der Waals surface area contributed by atoms with Crippen LogP contribution in [0, 0.1) is 0 Å². The Morgan fingerprint density at radius 3 is 3.05 bits per heavy atom. The molecule has 0 unspecified atom stereocenters. The molecule has 0 saturated heterocycles. The molecule has 19 heavy (non-hydrogen) atoms. The van der Waals surface area contributed by atoms with Crippen LogP contribution in [-0.2, 0) is 4.79 Å². The Bertz CT molecular complexity index is 502. The van der Waals surface area contributed by atoms with E-state index in [0.717, 1.165) is 0 Å². The standard InChI is InChI=1S/C13H17N3O3/c1-16-10-8-9(13(18)15-6-5-14)2-3-11(10)19-7-4-12(16)17/h2-3,8H,4-7,14H2,1H3,(H,15,18). The van der Waals surface area contributed by atoms with Crippen molar-refractivity contribution in [2.75, 3.05) is 31.6 Å². The maximum Gasteiger partial charge on any atom is 0.251 e. The van der Waals surface area contributed by atoms with Crippen LogP contribution in [0.4, 0.5) is 5.69 Å². The van der Waals surface area contributed by atoms with Gasteiger partial charge < -0.3 is 20.7 Å². The van der Waals surface area contributed by atoms with Crippen LogP contribution in [0.1, 0.15) is 16.8 Å². The number of nitrogens with zero attached hydrogens (tertiary/aromatic N) is 1. The zero-order valence-corrected chi connectivity index (χ0v) is 10.8. The topological polar surface area (TPSA) is 84.7 Å². The second-order valence-corrected chi connectivity index (χ2v) is 4.28. The van der Waals surface area contributed by atoms with Gasteiger partial charge in [0.15, 0.2) is 0 Å². The van der Waals surface area contributed by atoms with Crippen molar-refractivity contribution in [2.45, 2.75) is 6.42 Å². The van der Waals surface area contributed by atoms with Crippen LogP contribution in [-0.4, -0.2) is 38.6 Å². The maximum atomic E-state index is 11.9. The fourth-order valence-electron chi connectivity index (χ4n) is 1.88. The number of hydrogen-bond acceptors (Lipinski definition) is 4. The number of amides is 2. The summed E-state index contributed by atoms with van der Waals surface area (Å²) < 4.78 is 5.49. The summed E-state index contributed by atoms with van der Waals surface area (Å²) in [5.41, 5.74) is 6.44. The minimum Gasteiger partial charge on any atom is -0.491 e. The zero-order chi connectivity index (χ0) is 13.8. The quantitative estimate of drug-likeness (QED) is 0.811. The van der Waals surface area contributed by atoms with Crippen molar-refractivity contribution >= 4 is 17.5 Å². The third kappa shape index (κ3) is 2.85. The van der Waals surface area contributed by atoms with Crippen molar-refractivity contribution in [3.05, 3.63) is 23.8 Å². The minimum absolute atomic E-state index is 0.0294. The van der Waals surface area contributed by atoms with Gasteiger partial charge in [-0.1, -0.05) is 0 Å². The van der Waals surface area contributed by atoms with Gasteiger partial charge in [0.1, 0.15) is 5.75 Å². The van der Waals surface area contributed by atoms with E-state index in [1.165, 1.54) is 4.90 Å². The number of nitrogens with one attached hydrogen (secondary N) is 1. The molecule has 0 spiro atoms. The fourth-order valence-corrected chi connectivity index (χ4v) is 1.88. The Hall–Kier alpha value is -2.08. The van der Waals surface area contributed by atoms with Gasteiger partial charge in [-0.2, -0.15) is 0 Å². The van der Waals surface area contributed by atoms with E-state index < -0.39 is 0 Å². The molecule has 0 aliphatic carbocycles. The van der Waals surface area contributed by atoms with Crippen molar-refractivity contribution in [2.24, 2.45) is 5.73 Å². The summed E-state index contributed by atoms with van der Waals surface area (Å²) in [5, 5.41) is 2.69. The van der Waals surface area contributed by atoms with Crippen LogP contribution >= 0.6 is 0 Å². The third-order valence-electron chi connectivity index (χ3n) is 2.96. The van der Waals surface area contributed by atoms with Gasteiger partial charge in [0.2, 0.25) is 5.91 Å². The van der Waals surface area contributed by atoms with E-state index in [1.54, 1.807) is 25.2 Å². The van der Waals surface area contributed by atoms with Crippen molar-refractivity contribution in [1.82, 2.24) is 5.32 Å². The second kappa shape index (κ2) is 5.71. The highest BCUT2D eigenvalue weighted by atomic mass is 16.5. The smallest absolute Gasteiger partial charge is 0.251 e. The van der Waals surface area contributed by atoms with Gasteiger partial charge in [-0.25, -0.2) is 0 Å². The molecule has 0 radical (unpaired) electrons. The number of fused-ring (bicyclic) bond motifs is 1. The molecule has 1 aliphatic heterocycles. The van der Waals surface area contributed by atoms with Crippen LogP contribution in [0.25, 0.3) is 0 Å². The van der Waals surface area contributed by atoms with Crippen molar-refractivity contribution in [3.8, 4) is 5.75 Å². The molecule has 102 valence electrons. The highest BCUT2D eigenvalue weighted by Gasteiger charge is 2.21. The van der Waals surface area contributed by atoms with Gasteiger partial charge >= 0.3 is 0 Å². The molecule has 0 fully saturated rings. The van der Waals surface area contributed by atoms with Gasteiger partial charge in [-0.15, -0.1) is 0 Å². The first-order valence-electron chi connectivity index (χ1n) is 6.15. The first-order chi connectivity index (χ1) is 9.13. The molecule has 2 amide bonds. The van der Waals surface area contributed by atoms with Crippen LogP contribution < -0.4 is 20.7 Å². The Balaban J connectivity index is 2.28. The zero-order valence-electron chi connectivity index (χ0n) is 10.8. The summed E-state index contributed by atoms with van der Waals surface area (Å²) in [6, 6.07) is 5.04. The summed E-state index contributed by atoms with van der Waals surface area (Å²) in [5.74, 6) is 0.375. The van der Waals surface area contributed by atoms with Gasteiger partial charge in [0.25, 0.3) is 5.91 Å². The van der Waals surface area contributed by atoms with E-state index in [4.69, 9.17) is 10.5 Å². The molecular formula is C13H17N3O3. The Morgan fingerprint density at radius 1 is 1.53 bits per heavy atom. The second-order valence-electron chi connectivity index (χ2n) is 4.28. The Labute approximate surface area is 111 Å². The van der Waals surface area contributed by atoms with Crippen molar-refractivity contribution in [3.63, 3.8) is 0 Å². The molecule has 0 bridgehead atoms. The minimum atomic E-state index is -0.210. The largest absolute Gasteiger partial charge is 0.491 e. The number of carbonyl (C=O) groups is 2. The van der Waals surface area contributed by atoms with Gasteiger partial charge in [-0.3, -0.25) is 9.59 Å². The van der Waals surface area contributed by atoms with E-state index in [0.29, 0.717) is 43.1 Å². The molecule has 1 aromatic carbocycles. The van der Waals surface area contributed by atoms with Crippen LogP contribution in [0.2, 0.25) is 0 Å². The molecule has 0 atom stereocenters. The number of hydrogen-bond donors (Lipinski definition) is 2. The molecule has 1 aromatic rings. The van der Waals surface area contributed by atoms with E-state index in [2.05, 4.69) is 5.32 Å². The summed E-state index contributed by atoms with van der Waals surface area (Å²) in [7, 11) is 1.68. The predicted molar refractivity (Wildman–Crippen MR) is 71.4 cm³/mol. The number of ether oxygens (including phenoxy) is 1. The normalized spacial score (nSPS) is 14.4. The maximum absolute atomic E-state index is 11.9. The van der Waals surface area contributed by atoms with E-state index in [-0.39, 0.29) is 11.8 Å². The predicted octanol–water partition coefficient (Wildman–Crippen LogP) is 0.120. The number of carbonyl (C=O) groups excluding carboxylic acids is 2. The number of benzene rings is 1. The molecule has 6 nitrogen and oxygen atoms in total. The Morgan fingerprint density at radius 2 is 2.32 bits per heavy atom. The Kier molecular flexibility index (Phi) is 4.01. The number of anilines is 1. The molecule has 6 heteroatoms. The summed E-state index contributed by atoms with van der Waals surface area (Å²) in [4.78, 5) is 25.1. The lowest BCUT2D eigenvalue weighted by molar-refractivity contribution is -0.118. The average molecular weight is 263 g/mol.